The first-order valence-electron chi connectivity index (χ1n) is 6.86. The molecular weight excluding hydrogens is 238 g/mol. The second-order valence-electron chi connectivity index (χ2n) is 5.55. The van der Waals surface area contributed by atoms with E-state index in [1.165, 1.54) is 5.56 Å². The number of nitrogens with two attached hydrogens (primary N) is 1. The minimum absolute atomic E-state index is 0.0763. The highest BCUT2D eigenvalue weighted by molar-refractivity contribution is 5.99. The average molecular weight is 261 g/mol. The lowest BCUT2D eigenvalue weighted by Gasteiger charge is -2.29. The lowest BCUT2D eigenvalue weighted by Crippen LogP contribution is -2.34. The molecule has 2 unspecified atom stereocenters. The smallest absolute Gasteiger partial charge is 0.228 e. The van der Waals surface area contributed by atoms with Gasteiger partial charge >= 0.3 is 0 Å². The van der Waals surface area contributed by atoms with Gasteiger partial charge in [-0.1, -0.05) is 26.0 Å². The largest absolute Gasteiger partial charge is 0.330 e. The van der Waals surface area contributed by atoms with Crippen LogP contribution in [-0.4, -0.2) is 19.5 Å². The SMILES string of the molecule is CNC(c1ccc2c(c1)CC(=O)N2)C(CN)C(C)C. The van der Waals surface area contributed by atoms with Crippen molar-refractivity contribution < 1.29 is 4.79 Å². The Morgan fingerprint density at radius 3 is 2.74 bits per heavy atom. The summed E-state index contributed by atoms with van der Waals surface area (Å²) < 4.78 is 0. The summed E-state index contributed by atoms with van der Waals surface area (Å²) in [6.45, 7) is 5.04. The summed E-state index contributed by atoms with van der Waals surface area (Å²) in [5.41, 5.74) is 9.15. The van der Waals surface area contributed by atoms with Gasteiger partial charge < -0.3 is 16.4 Å². The monoisotopic (exact) mass is 261 g/mol. The standard InChI is InChI=1S/C15H23N3O/c1-9(2)12(8-16)15(17-3)10-4-5-13-11(6-10)7-14(19)18-13/h4-6,9,12,15,17H,7-8,16H2,1-3H3,(H,18,19). The van der Waals surface area contributed by atoms with Gasteiger partial charge in [-0.2, -0.15) is 0 Å². The molecule has 0 spiro atoms. The van der Waals surface area contributed by atoms with Gasteiger partial charge in [0.25, 0.3) is 0 Å². The summed E-state index contributed by atoms with van der Waals surface area (Å²) in [5.74, 6) is 0.968. The Morgan fingerprint density at radius 2 is 2.16 bits per heavy atom. The molecule has 1 aromatic carbocycles. The number of amides is 1. The van der Waals surface area contributed by atoms with Gasteiger partial charge in [-0.15, -0.1) is 0 Å². The fraction of sp³-hybridized carbons (Fsp3) is 0.533. The minimum atomic E-state index is 0.0763. The van der Waals surface area contributed by atoms with E-state index in [-0.39, 0.29) is 11.9 Å². The molecular formula is C15H23N3O. The molecule has 1 heterocycles. The molecule has 4 N–H and O–H groups in total. The van der Waals surface area contributed by atoms with Crippen LogP contribution < -0.4 is 16.4 Å². The van der Waals surface area contributed by atoms with E-state index in [0.29, 0.717) is 24.8 Å². The summed E-state index contributed by atoms with van der Waals surface area (Å²) >= 11 is 0. The molecule has 0 aromatic heterocycles. The predicted molar refractivity (Wildman–Crippen MR) is 78.0 cm³/mol. The maximum atomic E-state index is 11.4. The number of hydrogen-bond acceptors (Lipinski definition) is 3. The van der Waals surface area contributed by atoms with Crippen molar-refractivity contribution in [3.8, 4) is 0 Å². The Morgan fingerprint density at radius 1 is 1.42 bits per heavy atom. The molecule has 4 nitrogen and oxygen atoms in total. The second kappa shape index (κ2) is 5.72. The number of rotatable bonds is 5. The number of fused-ring (bicyclic) bond motifs is 1. The molecule has 0 aliphatic carbocycles. The van der Waals surface area contributed by atoms with Gasteiger partial charge in [-0.3, -0.25) is 4.79 Å². The van der Waals surface area contributed by atoms with Crippen LogP contribution in [0.4, 0.5) is 5.69 Å². The third-order valence-corrected chi connectivity index (χ3v) is 3.98. The molecule has 0 fully saturated rings. The van der Waals surface area contributed by atoms with Gasteiger partial charge in [0.15, 0.2) is 0 Å². The van der Waals surface area contributed by atoms with Crippen LogP contribution in [0.3, 0.4) is 0 Å². The highest BCUT2D eigenvalue weighted by Crippen LogP contribution is 2.31. The molecule has 2 rings (SSSR count). The van der Waals surface area contributed by atoms with Gasteiger partial charge in [-0.05, 0) is 42.6 Å². The van der Waals surface area contributed by atoms with Gasteiger partial charge in [0.2, 0.25) is 5.91 Å². The third-order valence-electron chi connectivity index (χ3n) is 3.98. The number of benzene rings is 1. The van der Waals surface area contributed by atoms with Gasteiger partial charge in [0.1, 0.15) is 0 Å². The molecule has 1 aliphatic rings. The van der Waals surface area contributed by atoms with Crippen molar-refractivity contribution in [2.75, 3.05) is 18.9 Å². The average Bonchev–Trinajstić information content (AvgIpc) is 2.74. The van der Waals surface area contributed by atoms with Crippen LogP contribution in [0.5, 0.6) is 0 Å². The van der Waals surface area contributed by atoms with Crippen LogP contribution in [0, 0.1) is 11.8 Å². The Balaban J connectivity index is 2.29. The zero-order chi connectivity index (χ0) is 14.0. The molecule has 0 saturated carbocycles. The fourth-order valence-electron chi connectivity index (χ4n) is 2.86. The normalized spacial score (nSPS) is 17.2. The zero-order valence-electron chi connectivity index (χ0n) is 11.9. The maximum absolute atomic E-state index is 11.4. The first-order valence-corrected chi connectivity index (χ1v) is 6.86. The van der Waals surface area contributed by atoms with Gasteiger partial charge in [-0.25, -0.2) is 0 Å². The van der Waals surface area contributed by atoms with Crippen LogP contribution in [-0.2, 0) is 11.2 Å². The molecule has 0 radical (unpaired) electrons. The summed E-state index contributed by atoms with van der Waals surface area (Å²) in [6, 6.07) is 6.43. The fourth-order valence-corrected chi connectivity index (χ4v) is 2.86. The molecule has 0 bridgehead atoms. The van der Waals surface area contributed by atoms with Crippen molar-refractivity contribution in [3.63, 3.8) is 0 Å². The van der Waals surface area contributed by atoms with Crippen LogP contribution in [0.25, 0.3) is 0 Å². The Hall–Kier alpha value is -1.39. The maximum Gasteiger partial charge on any atom is 0.228 e. The van der Waals surface area contributed by atoms with Crippen LogP contribution in [0.15, 0.2) is 18.2 Å². The van der Waals surface area contributed by atoms with Crippen molar-refractivity contribution in [1.29, 1.82) is 0 Å². The van der Waals surface area contributed by atoms with Crippen molar-refractivity contribution in [2.45, 2.75) is 26.3 Å². The Kier molecular flexibility index (Phi) is 4.22. The van der Waals surface area contributed by atoms with E-state index in [0.717, 1.165) is 11.3 Å². The second-order valence-corrected chi connectivity index (χ2v) is 5.55. The molecule has 4 heteroatoms. The highest BCUT2D eigenvalue weighted by atomic mass is 16.1. The van der Waals surface area contributed by atoms with Crippen molar-refractivity contribution in [3.05, 3.63) is 29.3 Å². The molecule has 19 heavy (non-hydrogen) atoms. The number of nitrogens with one attached hydrogen (secondary N) is 2. The molecule has 1 aliphatic heterocycles. The molecule has 104 valence electrons. The topological polar surface area (TPSA) is 67.2 Å². The first-order chi connectivity index (χ1) is 9.06. The van der Waals surface area contributed by atoms with Crippen molar-refractivity contribution in [1.82, 2.24) is 5.32 Å². The van der Waals surface area contributed by atoms with Gasteiger partial charge in [0.05, 0.1) is 6.42 Å². The third kappa shape index (κ3) is 2.80. The number of carbonyl (C=O) groups excluding carboxylic acids is 1. The van der Waals surface area contributed by atoms with Crippen molar-refractivity contribution in [2.24, 2.45) is 17.6 Å². The van der Waals surface area contributed by atoms with E-state index in [1.54, 1.807) is 0 Å². The molecule has 2 atom stereocenters. The van der Waals surface area contributed by atoms with Crippen molar-refractivity contribution >= 4 is 11.6 Å². The number of carbonyl (C=O) groups is 1. The van der Waals surface area contributed by atoms with Gasteiger partial charge in [0, 0.05) is 11.7 Å². The van der Waals surface area contributed by atoms with E-state index >= 15 is 0 Å². The lowest BCUT2D eigenvalue weighted by atomic mass is 9.84. The Bertz CT molecular complexity index is 470. The summed E-state index contributed by atoms with van der Waals surface area (Å²) in [6.07, 6.45) is 0.481. The van der Waals surface area contributed by atoms with Crippen LogP contribution >= 0.6 is 0 Å². The van der Waals surface area contributed by atoms with E-state index < -0.39 is 0 Å². The van der Waals surface area contributed by atoms with E-state index in [2.05, 4.69) is 36.6 Å². The lowest BCUT2D eigenvalue weighted by molar-refractivity contribution is -0.115. The molecule has 1 aromatic rings. The van der Waals surface area contributed by atoms with Crippen LogP contribution in [0.1, 0.15) is 31.0 Å². The van der Waals surface area contributed by atoms with E-state index in [4.69, 9.17) is 5.73 Å². The first kappa shape index (κ1) is 14.0. The quantitative estimate of drug-likeness (QED) is 0.755. The summed E-state index contributed by atoms with van der Waals surface area (Å²) in [5, 5.41) is 6.23. The van der Waals surface area contributed by atoms with E-state index in [9.17, 15) is 4.79 Å². The number of hydrogen-bond donors (Lipinski definition) is 3. The summed E-state index contributed by atoms with van der Waals surface area (Å²) in [7, 11) is 1.96. The number of anilines is 1. The summed E-state index contributed by atoms with van der Waals surface area (Å²) in [4.78, 5) is 11.4. The molecule has 0 saturated heterocycles. The zero-order valence-corrected chi connectivity index (χ0v) is 11.9. The predicted octanol–water partition coefficient (Wildman–Crippen LogP) is 1.67. The van der Waals surface area contributed by atoms with E-state index in [1.807, 2.05) is 13.1 Å². The molecule has 1 amide bonds. The Labute approximate surface area is 114 Å². The van der Waals surface area contributed by atoms with Crippen LogP contribution in [0.2, 0.25) is 0 Å². The highest BCUT2D eigenvalue weighted by Gasteiger charge is 2.25. The minimum Gasteiger partial charge on any atom is -0.330 e.